The normalized spacial score (nSPS) is 18.6. The minimum Gasteiger partial charge on any atom is -0.308 e. The number of nitrogens with zero attached hydrogens (tertiary/aromatic N) is 6. The number of aryl methyl sites for hydroxylation is 1. The average Bonchev–Trinajstić information content (AvgIpc) is 3.38. The fraction of sp³-hybridized carbons (Fsp3) is 0.294. The predicted molar refractivity (Wildman–Crippen MR) is 102 cm³/mol. The van der Waals surface area contributed by atoms with Gasteiger partial charge in [0.05, 0.1) is 17.8 Å². The maximum atomic E-state index is 13.2. The van der Waals surface area contributed by atoms with E-state index in [9.17, 15) is 8.42 Å². The third kappa shape index (κ3) is 2.55. The first kappa shape index (κ1) is 16.7. The summed E-state index contributed by atoms with van der Waals surface area (Å²) in [4.78, 5) is 9.22. The molecule has 27 heavy (non-hydrogen) atoms. The van der Waals surface area contributed by atoms with Crippen LogP contribution in [0, 0.1) is 6.92 Å². The van der Waals surface area contributed by atoms with Crippen LogP contribution in [0.1, 0.15) is 18.3 Å². The Bertz CT molecular complexity index is 1260. The van der Waals surface area contributed by atoms with Gasteiger partial charge in [-0.15, -0.1) is 0 Å². The monoisotopic (exact) mass is 400 g/mol. The molecule has 8 nitrogen and oxygen atoms in total. The first-order valence-corrected chi connectivity index (χ1v) is 10.7. The largest absolute Gasteiger partial charge is 0.308 e. The first-order valence-electron chi connectivity index (χ1n) is 8.57. The molecule has 4 heterocycles. The van der Waals surface area contributed by atoms with Gasteiger partial charge in [-0.05, 0) is 37.6 Å². The van der Waals surface area contributed by atoms with Crippen LogP contribution in [-0.2, 0) is 10.0 Å². The average molecular weight is 400 g/mol. The highest BCUT2D eigenvalue weighted by atomic mass is 32.2. The molecule has 0 amide bonds. The van der Waals surface area contributed by atoms with E-state index in [1.54, 1.807) is 24.4 Å². The lowest BCUT2D eigenvalue weighted by molar-refractivity contribution is 0.452. The van der Waals surface area contributed by atoms with Gasteiger partial charge >= 0.3 is 0 Å². The van der Waals surface area contributed by atoms with Crippen LogP contribution >= 0.6 is 11.7 Å². The molecular formula is C17H16N6O2S2. The van der Waals surface area contributed by atoms with Gasteiger partial charge in [0.25, 0.3) is 0 Å². The van der Waals surface area contributed by atoms with E-state index in [1.807, 2.05) is 19.1 Å². The zero-order chi connectivity index (χ0) is 18.6. The van der Waals surface area contributed by atoms with Crippen LogP contribution in [0.25, 0.3) is 22.2 Å². The van der Waals surface area contributed by atoms with E-state index in [0.29, 0.717) is 30.5 Å². The molecule has 4 aromatic rings. The summed E-state index contributed by atoms with van der Waals surface area (Å²) < 4.78 is 38.4. The molecule has 138 valence electrons. The molecule has 0 saturated carbocycles. The molecule has 1 saturated heterocycles. The SMILES string of the molecule is Cc1nc2cccnc2n1C1CCN(S(=O)(=O)c2cccc3nsnc23)C1. The molecule has 5 rings (SSSR count). The van der Waals surface area contributed by atoms with E-state index < -0.39 is 10.0 Å². The molecule has 0 bridgehead atoms. The molecule has 10 heteroatoms. The van der Waals surface area contributed by atoms with E-state index in [4.69, 9.17) is 0 Å². The van der Waals surface area contributed by atoms with Gasteiger partial charge in [0.15, 0.2) is 5.65 Å². The number of fused-ring (bicyclic) bond motifs is 2. The van der Waals surface area contributed by atoms with E-state index in [0.717, 1.165) is 28.7 Å². The lowest BCUT2D eigenvalue weighted by atomic mass is 10.2. The van der Waals surface area contributed by atoms with Gasteiger partial charge < -0.3 is 4.57 Å². The summed E-state index contributed by atoms with van der Waals surface area (Å²) in [6, 6.07) is 8.87. The third-order valence-electron chi connectivity index (χ3n) is 4.98. The van der Waals surface area contributed by atoms with E-state index in [1.165, 1.54) is 4.31 Å². The Hall–Kier alpha value is -2.43. The van der Waals surface area contributed by atoms with Crippen molar-refractivity contribution < 1.29 is 8.42 Å². The highest BCUT2D eigenvalue weighted by Gasteiger charge is 2.36. The van der Waals surface area contributed by atoms with Crippen LogP contribution in [0.4, 0.5) is 0 Å². The summed E-state index contributed by atoms with van der Waals surface area (Å²) in [6.07, 6.45) is 2.45. The van der Waals surface area contributed by atoms with Crippen molar-refractivity contribution in [3.8, 4) is 0 Å². The van der Waals surface area contributed by atoms with E-state index in [-0.39, 0.29) is 10.9 Å². The molecule has 0 radical (unpaired) electrons. The predicted octanol–water partition coefficient (Wildman–Crippen LogP) is 2.38. The lowest BCUT2D eigenvalue weighted by Gasteiger charge is -2.18. The highest BCUT2D eigenvalue weighted by molar-refractivity contribution is 7.89. The standard InChI is InChI=1S/C17H16N6O2S2/c1-11-19-14-5-3-8-18-17(14)23(11)12-7-9-22(10-12)27(24,25)15-6-2-4-13-16(15)21-26-20-13/h2-6,8,12H,7,9-10H2,1H3. The van der Waals surface area contributed by atoms with Gasteiger partial charge in [-0.25, -0.2) is 18.4 Å². The summed E-state index contributed by atoms with van der Waals surface area (Å²) in [5.41, 5.74) is 2.68. The molecule has 1 unspecified atom stereocenters. The van der Waals surface area contributed by atoms with Gasteiger partial charge in [0, 0.05) is 19.3 Å². The number of hydrogen-bond acceptors (Lipinski definition) is 7. The second kappa shape index (κ2) is 6.04. The van der Waals surface area contributed by atoms with Crippen molar-refractivity contribution >= 4 is 43.9 Å². The maximum Gasteiger partial charge on any atom is 0.245 e. The zero-order valence-corrected chi connectivity index (χ0v) is 16.1. The fourth-order valence-electron chi connectivity index (χ4n) is 3.75. The Morgan fingerprint density at radius 3 is 2.89 bits per heavy atom. The van der Waals surface area contributed by atoms with Gasteiger partial charge in [0.2, 0.25) is 10.0 Å². The quantitative estimate of drug-likeness (QED) is 0.524. The molecule has 0 N–H and O–H groups in total. The molecule has 1 atom stereocenters. The van der Waals surface area contributed by atoms with Crippen LogP contribution in [0.3, 0.4) is 0 Å². The summed E-state index contributed by atoms with van der Waals surface area (Å²) in [5.74, 6) is 0.846. The number of rotatable bonds is 3. The van der Waals surface area contributed by atoms with Gasteiger partial charge in [-0.2, -0.15) is 13.1 Å². The Labute approximate surface area is 159 Å². The van der Waals surface area contributed by atoms with Crippen molar-refractivity contribution in [1.29, 1.82) is 0 Å². The van der Waals surface area contributed by atoms with Gasteiger partial charge in [0.1, 0.15) is 27.3 Å². The number of pyridine rings is 1. The van der Waals surface area contributed by atoms with Crippen LogP contribution in [0.15, 0.2) is 41.4 Å². The van der Waals surface area contributed by atoms with Crippen molar-refractivity contribution in [2.24, 2.45) is 0 Å². The second-order valence-electron chi connectivity index (χ2n) is 6.57. The molecular weight excluding hydrogens is 384 g/mol. The van der Waals surface area contributed by atoms with Crippen molar-refractivity contribution in [1.82, 2.24) is 27.6 Å². The highest BCUT2D eigenvalue weighted by Crippen LogP contribution is 2.32. The first-order chi connectivity index (χ1) is 13.1. The zero-order valence-electron chi connectivity index (χ0n) is 14.5. The molecule has 1 fully saturated rings. The number of benzene rings is 1. The van der Waals surface area contributed by atoms with Crippen molar-refractivity contribution in [2.75, 3.05) is 13.1 Å². The van der Waals surface area contributed by atoms with E-state index in [2.05, 4.69) is 23.3 Å². The summed E-state index contributed by atoms with van der Waals surface area (Å²) in [5, 5.41) is 0. The third-order valence-corrected chi connectivity index (χ3v) is 7.42. The van der Waals surface area contributed by atoms with Crippen LogP contribution in [0.2, 0.25) is 0 Å². The molecule has 0 aliphatic carbocycles. The van der Waals surface area contributed by atoms with Crippen molar-refractivity contribution in [3.05, 3.63) is 42.4 Å². The Morgan fingerprint density at radius 2 is 2.00 bits per heavy atom. The van der Waals surface area contributed by atoms with Gasteiger partial charge in [-0.1, -0.05) is 6.07 Å². The molecule has 1 aliphatic rings. The summed E-state index contributed by atoms with van der Waals surface area (Å²) in [7, 11) is -3.64. The minimum absolute atomic E-state index is 0.00689. The Balaban J connectivity index is 1.52. The molecule has 1 aliphatic heterocycles. The fourth-order valence-corrected chi connectivity index (χ4v) is 5.99. The minimum atomic E-state index is -3.64. The lowest BCUT2D eigenvalue weighted by Crippen LogP contribution is -2.29. The smallest absolute Gasteiger partial charge is 0.245 e. The Morgan fingerprint density at radius 1 is 1.15 bits per heavy atom. The Kier molecular flexibility index (Phi) is 3.74. The van der Waals surface area contributed by atoms with Crippen molar-refractivity contribution in [3.63, 3.8) is 0 Å². The second-order valence-corrected chi connectivity index (χ2v) is 9.00. The number of hydrogen-bond donors (Lipinski definition) is 0. The van der Waals surface area contributed by atoms with Crippen LogP contribution in [-0.4, -0.2) is 49.1 Å². The molecule has 1 aromatic carbocycles. The van der Waals surface area contributed by atoms with Crippen LogP contribution < -0.4 is 0 Å². The van der Waals surface area contributed by atoms with Crippen LogP contribution in [0.5, 0.6) is 0 Å². The number of aromatic nitrogens is 5. The topological polar surface area (TPSA) is 93.9 Å². The van der Waals surface area contributed by atoms with Crippen molar-refractivity contribution in [2.45, 2.75) is 24.3 Å². The maximum absolute atomic E-state index is 13.2. The number of sulfonamides is 1. The van der Waals surface area contributed by atoms with E-state index >= 15 is 0 Å². The molecule has 3 aromatic heterocycles. The summed E-state index contributed by atoms with van der Waals surface area (Å²) in [6.45, 7) is 2.77. The molecule has 0 spiro atoms. The summed E-state index contributed by atoms with van der Waals surface area (Å²) >= 11 is 1.02. The van der Waals surface area contributed by atoms with Gasteiger partial charge in [-0.3, -0.25) is 0 Å². The number of imidazole rings is 1.